The van der Waals surface area contributed by atoms with E-state index in [2.05, 4.69) is 5.32 Å². The molecular formula is C12H19NO3S. The standard InChI is InChI=1S/C12H19NO3S/c1-4-17(14,15)9-12(13-2)10-5-7-11(16-3)8-6-10/h5-8,12-13H,4,9H2,1-3H3. The number of hydrogen-bond donors (Lipinski definition) is 1. The summed E-state index contributed by atoms with van der Waals surface area (Å²) in [5, 5.41) is 3.03. The summed E-state index contributed by atoms with van der Waals surface area (Å²) >= 11 is 0. The number of ether oxygens (including phenoxy) is 1. The lowest BCUT2D eigenvalue weighted by molar-refractivity contribution is 0.414. The molecule has 0 saturated carbocycles. The van der Waals surface area contributed by atoms with Crippen LogP contribution in [0, 0.1) is 0 Å². The molecule has 17 heavy (non-hydrogen) atoms. The summed E-state index contributed by atoms with van der Waals surface area (Å²) in [6.45, 7) is 1.66. The van der Waals surface area contributed by atoms with Crippen LogP contribution in [0.25, 0.3) is 0 Å². The molecule has 0 bridgehead atoms. The van der Waals surface area contributed by atoms with Gasteiger partial charge in [0.15, 0.2) is 9.84 Å². The fraction of sp³-hybridized carbons (Fsp3) is 0.500. The van der Waals surface area contributed by atoms with Gasteiger partial charge < -0.3 is 10.1 Å². The van der Waals surface area contributed by atoms with E-state index in [1.807, 2.05) is 24.3 Å². The van der Waals surface area contributed by atoms with Gasteiger partial charge in [0.2, 0.25) is 0 Å². The van der Waals surface area contributed by atoms with E-state index in [4.69, 9.17) is 4.74 Å². The van der Waals surface area contributed by atoms with Crippen LogP contribution < -0.4 is 10.1 Å². The van der Waals surface area contributed by atoms with Crippen LogP contribution in [0.1, 0.15) is 18.5 Å². The van der Waals surface area contributed by atoms with Gasteiger partial charge in [-0.2, -0.15) is 0 Å². The summed E-state index contributed by atoms with van der Waals surface area (Å²) in [6, 6.07) is 7.25. The second-order valence-electron chi connectivity index (χ2n) is 3.81. The van der Waals surface area contributed by atoms with Crippen LogP contribution in [0.15, 0.2) is 24.3 Å². The maximum Gasteiger partial charge on any atom is 0.151 e. The van der Waals surface area contributed by atoms with Gasteiger partial charge in [0.05, 0.1) is 12.9 Å². The lowest BCUT2D eigenvalue weighted by Crippen LogP contribution is -2.26. The van der Waals surface area contributed by atoms with Crippen molar-refractivity contribution in [1.82, 2.24) is 5.32 Å². The summed E-state index contributed by atoms with van der Waals surface area (Å²) in [5.74, 6) is 1.05. The SMILES string of the molecule is CCS(=O)(=O)CC(NC)c1ccc(OC)cc1. The molecule has 1 N–H and O–H groups in total. The molecule has 0 fully saturated rings. The molecule has 1 unspecified atom stereocenters. The Hall–Kier alpha value is -1.07. The molecule has 0 spiro atoms. The van der Waals surface area contributed by atoms with Crippen molar-refractivity contribution in [3.8, 4) is 5.75 Å². The molecule has 0 aliphatic carbocycles. The second-order valence-corrected chi connectivity index (χ2v) is 6.21. The summed E-state index contributed by atoms with van der Waals surface area (Å²) in [4.78, 5) is 0. The molecule has 0 radical (unpaired) electrons. The Balaban J connectivity index is 2.86. The van der Waals surface area contributed by atoms with Crippen LogP contribution in [0.3, 0.4) is 0 Å². The van der Waals surface area contributed by atoms with Crippen molar-refractivity contribution >= 4 is 9.84 Å². The van der Waals surface area contributed by atoms with Crippen LogP contribution in [-0.4, -0.2) is 34.1 Å². The lowest BCUT2D eigenvalue weighted by Gasteiger charge is -2.16. The van der Waals surface area contributed by atoms with Gasteiger partial charge in [0, 0.05) is 11.8 Å². The first-order valence-corrected chi connectivity index (χ1v) is 7.36. The highest BCUT2D eigenvalue weighted by Crippen LogP contribution is 2.19. The molecule has 0 amide bonds. The van der Waals surface area contributed by atoms with Crippen molar-refractivity contribution < 1.29 is 13.2 Å². The van der Waals surface area contributed by atoms with Crippen molar-refractivity contribution in [2.24, 2.45) is 0 Å². The highest BCUT2D eigenvalue weighted by molar-refractivity contribution is 7.91. The monoisotopic (exact) mass is 257 g/mol. The molecule has 0 saturated heterocycles. The van der Waals surface area contributed by atoms with Gasteiger partial charge >= 0.3 is 0 Å². The fourth-order valence-electron chi connectivity index (χ4n) is 1.55. The van der Waals surface area contributed by atoms with Crippen molar-refractivity contribution in [2.45, 2.75) is 13.0 Å². The van der Waals surface area contributed by atoms with Crippen LogP contribution >= 0.6 is 0 Å². The number of sulfone groups is 1. The van der Waals surface area contributed by atoms with Crippen molar-refractivity contribution in [1.29, 1.82) is 0 Å². The highest BCUT2D eigenvalue weighted by atomic mass is 32.2. The van der Waals surface area contributed by atoms with Crippen molar-refractivity contribution in [2.75, 3.05) is 25.7 Å². The predicted molar refractivity (Wildman–Crippen MR) is 69.1 cm³/mol. The normalized spacial score (nSPS) is 13.4. The lowest BCUT2D eigenvalue weighted by atomic mass is 10.1. The molecule has 1 atom stereocenters. The Morgan fingerprint density at radius 2 is 1.88 bits per heavy atom. The zero-order valence-corrected chi connectivity index (χ0v) is 11.3. The Morgan fingerprint density at radius 3 is 2.29 bits per heavy atom. The molecule has 5 heteroatoms. The minimum Gasteiger partial charge on any atom is -0.497 e. The first-order chi connectivity index (χ1) is 8.02. The molecular weight excluding hydrogens is 238 g/mol. The third-order valence-corrected chi connectivity index (χ3v) is 4.45. The number of nitrogens with one attached hydrogen (secondary N) is 1. The average molecular weight is 257 g/mol. The molecule has 96 valence electrons. The fourth-order valence-corrected chi connectivity index (χ4v) is 2.66. The summed E-state index contributed by atoms with van der Waals surface area (Å²) < 4.78 is 28.3. The molecule has 0 aliphatic rings. The van der Waals surface area contributed by atoms with Gasteiger partial charge in [-0.25, -0.2) is 8.42 Å². The van der Waals surface area contributed by atoms with E-state index in [-0.39, 0.29) is 17.5 Å². The first kappa shape index (κ1) is 14.0. The molecule has 0 heterocycles. The Labute approximate surface area is 103 Å². The Morgan fingerprint density at radius 1 is 1.29 bits per heavy atom. The van der Waals surface area contributed by atoms with Gasteiger partial charge in [-0.3, -0.25) is 0 Å². The van der Waals surface area contributed by atoms with Gasteiger partial charge in [-0.1, -0.05) is 19.1 Å². The zero-order chi connectivity index (χ0) is 12.9. The first-order valence-electron chi connectivity index (χ1n) is 5.54. The number of rotatable bonds is 6. The third kappa shape index (κ3) is 4.02. The Bertz CT molecular complexity index is 439. The van der Waals surface area contributed by atoms with Crippen molar-refractivity contribution in [3.05, 3.63) is 29.8 Å². The molecule has 1 aromatic rings. The minimum atomic E-state index is -2.99. The van der Waals surface area contributed by atoms with Gasteiger partial charge in [0.25, 0.3) is 0 Å². The molecule has 1 aromatic carbocycles. The van der Waals surface area contributed by atoms with Gasteiger partial charge in [0.1, 0.15) is 5.75 Å². The maximum atomic E-state index is 11.6. The Kier molecular flexibility index (Phi) is 4.96. The van der Waals surface area contributed by atoms with Gasteiger partial charge in [-0.15, -0.1) is 0 Å². The quantitative estimate of drug-likeness (QED) is 0.836. The molecule has 1 rings (SSSR count). The van der Waals surface area contributed by atoms with E-state index in [1.54, 1.807) is 21.1 Å². The number of methoxy groups -OCH3 is 1. The minimum absolute atomic E-state index is 0.117. The highest BCUT2D eigenvalue weighted by Gasteiger charge is 2.17. The smallest absolute Gasteiger partial charge is 0.151 e. The summed E-state index contributed by atoms with van der Waals surface area (Å²) in [6.07, 6.45) is 0. The van der Waals surface area contributed by atoms with Crippen LogP contribution in [0.4, 0.5) is 0 Å². The summed E-state index contributed by atoms with van der Waals surface area (Å²) in [5.41, 5.74) is 0.949. The summed E-state index contributed by atoms with van der Waals surface area (Å²) in [7, 11) is 0.379. The molecule has 4 nitrogen and oxygen atoms in total. The molecule has 0 aromatic heterocycles. The molecule has 0 aliphatic heterocycles. The van der Waals surface area contributed by atoms with Crippen molar-refractivity contribution in [3.63, 3.8) is 0 Å². The average Bonchev–Trinajstić information content (AvgIpc) is 2.36. The maximum absolute atomic E-state index is 11.6. The van der Waals surface area contributed by atoms with E-state index < -0.39 is 9.84 Å². The third-order valence-electron chi connectivity index (χ3n) is 2.73. The second kappa shape index (κ2) is 6.02. The van der Waals surface area contributed by atoms with E-state index in [0.717, 1.165) is 11.3 Å². The number of benzene rings is 1. The van der Waals surface area contributed by atoms with E-state index >= 15 is 0 Å². The van der Waals surface area contributed by atoms with Crippen LogP contribution in [0.2, 0.25) is 0 Å². The van der Waals surface area contributed by atoms with Crippen LogP contribution in [0.5, 0.6) is 5.75 Å². The van der Waals surface area contributed by atoms with Gasteiger partial charge in [-0.05, 0) is 24.7 Å². The van der Waals surface area contributed by atoms with Crippen LogP contribution in [-0.2, 0) is 9.84 Å². The van der Waals surface area contributed by atoms with E-state index in [9.17, 15) is 8.42 Å². The van der Waals surface area contributed by atoms with E-state index in [0.29, 0.717) is 0 Å². The topological polar surface area (TPSA) is 55.4 Å². The van der Waals surface area contributed by atoms with E-state index in [1.165, 1.54) is 0 Å². The number of hydrogen-bond acceptors (Lipinski definition) is 4. The predicted octanol–water partition coefficient (Wildman–Crippen LogP) is 1.39. The largest absolute Gasteiger partial charge is 0.497 e. The zero-order valence-electron chi connectivity index (χ0n) is 10.4.